The Balaban J connectivity index is 1.77. The van der Waals surface area contributed by atoms with Crippen molar-refractivity contribution in [3.05, 3.63) is 33.3 Å². The molecule has 0 bridgehead atoms. The molecule has 1 N–H and O–H groups in total. The van der Waals surface area contributed by atoms with E-state index in [1.165, 1.54) is 5.56 Å². The Labute approximate surface area is 139 Å². The molecule has 0 amide bonds. The number of carbonyl (C=O) groups excluding carboxylic acids is 1. The van der Waals surface area contributed by atoms with Gasteiger partial charge in [-0.3, -0.25) is 4.79 Å². The van der Waals surface area contributed by atoms with E-state index in [2.05, 4.69) is 21.2 Å². The quantitative estimate of drug-likeness (QED) is 0.780. The van der Waals surface area contributed by atoms with Crippen LogP contribution in [0.5, 0.6) is 0 Å². The highest BCUT2D eigenvalue weighted by Crippen LogP contribution is 2.26. The number of nitrogens with one attached hydrogen (secondary N) is 1. The number of rotatable bonds is 5. The van der Waals surface area contributed by atoms with Gasteiger partial charge in [0.25, 0.3) is 0 Å². The molecular weight excluding hydrogens is 354 g/mol. The summed E-state index contributed by atoms with van der Waals surface area (Å²) in [5.74, 6) is 0.0571. The molecule has 5 heteroatoms. The van der Waals surface area contributed by atoms with Crippen LogP contribution in [0, 0.1) is 5.92 Å². The summed E-state index contributed by atoms with van der Waals surface area (Å²) in [6.45, 7) is 3.14. The molecule has 0 heterocycles. The van der Waals surface area contributed by atoms with Crippen LogP contribution in [0.15, 0.2) is 22.7 Å². The fourth-order valence-corrected chi connectivity index (χ4v) is 3.54. The number of hydrogen-bond acceptors (Lipinski definition) is 3. The standard InChI is InChI=1S/C16H21BrClNO2/c1-2-21-16(20)11-4-7-14(8-5-11)19-10-12-3-6-13(18)9-15(12)17/h3,6,9,11,14,19H,2,4-5,7-8,10H2,1H3. The van der Waals surface area contributed by atoms with Crippen molar-refractivity contribution in [1.82, 2.24) is 5.32 Å². The Bertz CT molecular complexity index is 487. The summed E-state index contributed by atoms with van der Waals surface area (Å²) in [5.41, 5.74) is 1.20. The minimum absolute atomic E-state index is 0.0311. The molecule has 0 unspecified atom stereocenters. The van der Waals surface area contributed by atoms with Crippen molar-refractivity contribution in [2.24, 2.45) is 5.92 Å². The van der Waals surface area contributed by atoms with Crippen LogP contribution in [0.4, 0.5) is 0 Å². The Morgan fingerprint density at radius 1 is 1.38 bits per heavy atom. The average Bonchev–Trinajstić information content (AvgIpc) is 2.47. The third-order valence-corrected chi connectivity index (χ3v) is 4.92. The minimum atomic E-state index is -0.0311. The van der Waals surface area contributed by atoms with Crippen molar-refractivity contribution in [2.45, 2.75) is 45.2 Å². The second kappa shape index (κ2) is 8.16. The van der Waals surface area contributed by atoms with Gasteiger partial charge in [-0.25, -0.2) is 0 Å². The largest absolute Gasteiger partial charge is 0.466 e. The summed E-state index contributed by atoms with van der Waals surface area (Å²) < 4.78 is 6.13. The zero-order valence-corrected chi connectivity index (χ0v) is 14.5. The number of carbonyl (C=O) groups is 1. The first-order valence-corrected chi connectivity index (χ1v) is 8.61. The van der Waals surface area contributed by atoms with Crippen LogP contribution in [-0.2, 0) is 16.1 Å². The highest BCUT2D eigenvalue weighted by molar-refractivity contribution is 9.10. The van der Waals surface area contributed by atoms with Gasteiger partial charge in [0, 0.05) is 22.1 Å². The molecule has 0 aliphatic heterocycles. The monoisotopic (exact) mass is 373 g/mol. The molecule has 1 fully saturated rings. The van der Waals surface area contributed by atoms with E-state index in [4.69, 9.17) is 16.3 Å². The maximum atomic E-state index is 11.7. The molecule has 1 aromatic carbocycles. The highest BCUT2D eigenvalue weighted by atomic mass is 79.9. The Morgan fingerprint density at radius 3 is 2.71 bits per heavy atom. The maximum Gasteiger partial charge on any atom is 0.308 e. The second-order valence-electron chi connectivity index (χ2n) is 5.42. The lowest BCUT2D eigenvalue weighted by Crippen LogP contribution is -2.35. The Kier molecular flexibility index (Phi) is 6.52. The van der Waals surface area contributed by atoms with Crippen molar-refractivity contribution >= 4 is 33.5 Å². The Hall–Kier alpha value is -0.580. The molecule has 0 aromatic heterocycles. The molecule has 0 saturated heterocycles. The van der Waals surface area contributed by atoms with Gasteiger partial charge in [0.1, 0.15) is 0 Å². The predicted molar refractivity (Wildman–Crippen MR) is 88.4 cm³/mol. The highest BCUT2D eigenvalue weighted by Gasteiger charge is 2.26. The smallest absolute Gasteiger partial charge is 0.308 e. The zero-order chi connectivity index (χ0) is 15.2. The van der Waals surface area contributed by atoms with Gasteiger partial charge in [-0.2, -0.15) is 0 Å². The number of benzene rings is 1. The first-order valence-electron chi connectivity index (χ1n) is 7.44. The number of hydrogen-bond donors (Lipinski definition) is 1. The van der Waals surface area contributed by atoms with Gasteiger partial charge in [-0.15, -0.1) is 0 Å². The molecule has 1 aromatic rings. The Morgan fingerprint density at radius 2 is 2.10 bits per heavy atom. The lowest BCUT2D eigenvalue weighted by atomic mass is 9.86. The molecule has 0 radical (unpaired) electrons. The molecule has 0 spiro atoms. The zero-order valence-electron chi connectivity index (χ0n) is 12.2. The molecule has 0 atom stereocenters. The van der Waals surface area contributed by atoms with E-state index in [-0.39, 0.29) is 11.9 Å². The normalized spacial score (nSPS) is 22.0. The van der Waals surface area contributed by atoms with E-state index in [1.54, 1.807) is 0 Å². The van der Waals surface area contributed by atoms with Crippen LogP contribution in [0.25, 0.3) is 0 Å². The van der Waals surface area contributed by atoms with Crippen LogP contribution in [0.1, 0.15) is 38.2 Å². The van der Waals surface area contributed by atoms with E-state index in [1.807, 2.05) is 25.1 Å². The summed E-state index contributed by atoms with van der Waals surface area (Å²) >= 11 is 9.48. The van der Waals surface area contributed by atoms with Gasteiger partial charge in [0.2, 0.25) is 0 Å². The molecular formula is C16H21BrClNO2. The lowest BCUT2D eigenvalue weighted by molar-refractivity contribution is -0.149. The van der Waals surface area contributed by atoms with E-state index in [9.17, 15) is 4.79 Å². The molecule has 1 aliphatic rings. The van der Waals surface area contributed by atoms with Crippen molar-refractivity contribution in [2.75, 3.05) is 6.61 Å². The van der Waals surface area contributed by atoms with Gasteiger partial charge in [0.05, 0.1) is 12.5 Å². The van der Waals surface area contributed by atoms with Crippen LogP contribution in [0.3, 0.4) is 0 Å². The van der Waals surface area contributed by atoms with Crippen molar-refractivity contribution in [1.29, 1.82) is 0 Å². The van der Waals surface area contributed by atoms with Crippen LogP contribution < -0.4 is 5.32 Å². The minimum Gasteiger partial charge on any atom is -0.466 e. The second-order valence-corrected chi connectivity index (χ2v) is 6.71. The first kappa shape index (κ1) is 16.8. The fourth-order valence-electron chi connectivity index (χ4n) is 2.71. The molecule has 1 saturated carbocycles. The summed E-state index contributed by atoms with van der Waals surface area (Å²) in [6.07, 6.45) is 3.87. The number of ether oxygens (including phenoxy) is 1. The van der Waals surface area contributed by atoms with Gasteiger partial charge >= 0.3 is 5.97 Å². The van der Waals surface area contributed by atoms with Crippen LogP contribution >= 0.6 is 27.5 Å². The van der Waals surface area contributed by atoms with E-state index in [0.717, 1.165) is 41.7 Å². The fraction of sp³-hybridized carbons (Fsp3) is 0.562. The molecule has 3 nitrogen and oxygen atoms in total. The van der Waals surface area contributed by atoms with Crippen molar-refractivity contribution in [3.8, 4) is 0 Å². The SMILES string of the molecule is CCOC(=O)C1CCC(NCc2ccc(Cl)cc2Br)CC1. The van der Waals surface area contributed by atoms with Gasteiger partial charge < -0.3 is 10.1 Å². The lowest BCUT2D eigenvalue weighted by Gasteiger charge is -2.28. The van der Waals surface area contributed by atoms with Crippen LogP contribution in [-0.4, -0.2) is 18.6 Å². The molecule has 2 rings (SSSR count). The summed E-state index contributed by atoms with van der Waals surface area (Å²) in [7, 11) is 0. The summed E-state index contributed by atoms with van der Waals surface area (Å²) in [6, 6.07) is 6.32. The number of halogens is 2. The van der Waals surface area contributed by atoms with Crippen molar-refractivity contribution < 1.29 is 9.53 Å². The van der Waals surface area contributed by atoms with E-state index >= 15 is 0 Å². The van der Waals surface area contributed by atoms with E-state index < -0.39 is 0 Å². The van der Waals surface area contributed by atoms with Crippen LogP contribution in [0.2, 0.25) is 5.02 Å². The summed E-state index contributed by atoms with van der Waals surface area (Å²) in [4.78, 5) is 11.7. The third kappa shape index (κ3) is 4.97. The first-order chi connectivity index (χ1) is 10.1. The van der Waals surface area contributed by atoms with E-state index in [0.29, 0.717) is 12.6 Å². The number of esters is 1. The van der Waals surface area contributed by atoms with Gasteiger partial charge in [-0.1, -0.05) is 33.6 Å². The summed E-state index contributed by atoms with van der Waals surface area (Å²) in [5, 5.41) is 4.30. The van der Waals surface area contributed by atoms with Gasteiger partial charge in [0.15, 0.2) is 0 Å². The van der Waals surface area contributed by atoms with Crippen molar-refractivity contribution in [3.63, 3.8) is 0 Å². The third-order valence-electron chi connectivity index (χ3n) is 3.94. The maximum absolute atomic E-state index is 11.7. The molecule has 21 heavy (non-hydrogen) atoms. The van der Waals surface area contributed by atoms with Gasteiger partial charge in [-0.05, 0) is 50.3 Å². The predicted octanol–water partition coefficient (Wildman–Crippen LogP) is 4.31. The average molecular weight is 375 g/mol. The topological polar surface area (TPSA) is 38.3 Å². The molecule has 1 aliphatic carbocycles. The molecule has 116 valence electrons.